The van der Waals surface area contributed by atoms with Crippen molar-refractivity contribution in [3.8, 4) is 0 Å². The number of halogens is 1. The van der Waals surface area contributed by atoms with Crippen molar-refractivity contribution in [1.82, 2.24) is 0 Å². The lowest BCUT2D eigenvalue weighted by atomic mass is 9.98. The minimum Gasteiger partial charge on any atom is -0.481 e. The van der Waals surface area contributed by atoms with Crippen LogP contribution in [0, 0.1) is 0 Å². The number of aliphatic hydroxyl groups excluding tert-OH is 1. The number of aliphatic hydroxyl groups is 1. The lowest BCUT2D eigenvalue weighted by Crippen LogP contribution is -2.38. The molecule has 0 saturated carbocycles. The molecule has 0 amide bonds. The summed E-state index contributed by atoms with van der Waals surface area (Å²) in [6, 6.07) is 7.25. The summed E-state index contributed by atoms with van der Waals surface area (Å²) < 4.78 is 18.5. The van der Waals surface area contributed by atoms with E-state index in [0.717, 1.165) is 10.8 Å². The average molecular weight is 216 g/mol. The second-order valence-electron chi connectivity index (χ2n) is 3.73. The number of hydrogen-bond donors (Lipinski definition) is 1. The van der Waals surface area contributed by atoms with E-state index in [1.54, 1.807) is 18.2 Å². The van der Waals surface area contributed by atoms with Crippen LogP contribution in [0.15, 0.2) is 48.3 Å². The summed E-state index contributed by atoms with van der Waals surface area (Å²) in [6.07, 6.45) is 3.98. The first-order chi connectivity index (χ1) is 7.75. The SMILES string of the molecule is OC1=c2ccccc2=C2C=C(F)C=CC2O1. The van der Waals surface area contributed by atoms with Gasteiger partial charge < -0.3 is 9.84 Å². The second kappa shape index (κ2) is 3.23. The molecule has 80 valence electrons. The number of allylic oxidation sites excluding steroid dienone is 2. The molecule has 0 spiro atoms. The van der Waals surface area contributed by atoms with E-state index in [-0.39, 0.29) is 11.8 Å². The average Bonchev–Trinajstić information content (AvgIpc) is 2.31. The lowest BCUT2D eigenvalue weighted by molar-refractivity contribution is 0.162. The maximum absolute atomic E-state index is 13.2. The number of fused-ring (bicyclic) bond motifs is 2. The molecule has 1 unspecified atom stereocenters. The van der Waals surface area contributed by atoms with Crippen molar-refractivity contribution in [3.63, 3.8) is 0 Å². The molecule has 1 aromatic carbocycles. The van der Waals surface area contributed by atoms with E-state index in [2.05, 4.69) is 0 Å². The van der Waals surface area contributed by atoms with Gasteiger partial charge in [0, 0.05) is 5.57 Å². The zero-order valence-electron chi connectivity index (χ0n) is 8.35. The minimum absolute atomic E-state index is 0.107. The van der Waals surface area contributed by atoms with Crippen LogP contribution < -0.4 is 10.4 Å². The quantitative estimate of drug-likeness (QED) is 0.708. The molecule has 0 saturated heterocycles. The van der Waals surface area contributed by atoms with Crippen LogP contribution in [0.5, 0.6) is 0 Å². The highest BCUT2D eigenvalue weighted by Crippen LogP contribution is 2.22. The predicted molar refractivity (Wildman–Crippen MR) is 58.3 cm³/mol. The van der Waals surface area contributed by atoms with Crippen LogP contribution in [-0.2, 0) is 4.74 Å². The van der Waals surface area contributed by atoms with Crippen molar-refractivity contribution in [2.24, 2.45) is 0 Å². The third-order valence-electron chi connectivity index (χ3n) is 2.74. The van der Waals surface area contributed by atoms with Crippen molar-refractivity contribution in [2.45, 2.75) is 6.10 Å². The van der Waals surface area contributed by atoms with Crippen LogP contribution in [0.2, 0.25) is 0 Å². The fourth-order valence-electron chi connectivity index (χ4n) is 2.00. The molecule has 0 bridgehead atoms. The Bertz CT molecular complexity index is 626. The van der Waals surface area contributed by atoms with Gasteiger partial charge in [-0.15, -0.1) is 0 Å². The Kier molecular flexibility index (Phi) is 1.86. The number of ether oxygens (including phenoxy) is 1. The molecular formula is C13H9FO2. The fraction of sp³-hybridized carbons (Fsp3) is 0.0769. The van der Waals surface area contributed by atoms with Crippen LogP contribution in [-0.4, -0.2) is 11.2 Å². The fourth-order valence-corrected chi connectivity index (χ4v) is 2.00. The van der Waals surface area contributed by atoms with E-state index in [4.69, 9.17) is 4.74 Å². The van der Waals surface area contributed by atoms with Gasteiger partial charge in [0.2, 0.25) is 0 Å². The van der Waals surface area contributed by atoms with E-state index < -0.39 is 6.10 Å². The van der Waals surface area contributed by atoms with Crippen LogP contribution in [0.1, 0.15) is 0 Å². The summed E-state index contributed by atoms with van der Waals surface area (Å²) in [5.41, 5.74) is 0.744. The van der Waals surface area contributed by atoms with Crippen LogP contribution in [0.25, 0.3) is 11.5 Å². The molecule has 1 aromatic rings. The Morgan fingerprint density at radius 1 is 1.19 bits per heavy atom. The topological polar surface area (TPSA) is 29.5 Å². The summed E-state index contributed by atoms with van der Waals surface area (Å²) in [5.74, 6) is -0.407. The largest absolute Gasteiger partial charge is 0.481 e. The first kappa shape index (κ1) is 9.21. The predicted octanol–water partition coefficient (Wildman–Crippen LogP) is 1.28. The van der Waals surface area contributed by atoms with Crippen molar-refractivity contribution in [3.05, 3.63) is 58.8 Å². The highest BCUT2D eigenvalue weighted by Gasteiger charge is 2.22. The molecule has 1 heterocycles. The summed E-state index contributed by atoms with van der Waals surface area (Å²) in [5, 5.41) is 11.1. The van der Waals surface area contributed by atoms with Gasteiger partial charge in [-0.05, 0) is 29.5 Å². The molecule has 16 heavy (non-hydrogen) atoms. The van der Waals surface area contributed by atoms with Gasteiger partial charge in [0.1, 0.15) is 11.9 Å². The molecule has 3 rings (SSSR count). The van der Waals surface area contributed by atoms with Gasteiger partial charge in [0.05, 0.1) is 5.22 Å². The Hall–Kier alpha value is -2.03. The van der Waals surface area contributed by atoms with Crippen molar-refractivity contribution >= 4 is 11.5 Å². The van der Waals surface area contributed by atoms with Gasteiger partial charge in [-0.25, -0.2) is 4.39 Å². The minimum atomic E-state index is -0.394. The van der Waals surface area contributed by atoms with Gasteiger partial charge in [-0.2, -0.15) is 0 Å². The van der Waals surface area contributed by atoms with Gasteiger partial charge in [-0.3, -0.25) is 0 Å². The summed E-state index contributed by atoms with van der Waals surface area (Å²) in [6.45, 7) is 0. The molecule has 1 atom stereocenters. The van der Waals surface area contributed by atoms with Crippen LogP contribution >= 0.6 is 0 Å². The Morgan fingerprint density at radius 3 is 2.75 bits per heavy atom. The van der Waals surface area contributed by atoms with Crippen LogP contribution in [0.4, 0.5) is 4.39 Å². The number of hydrogen-bond acceptors (Lipinski definition) is 2. The Balaban J connectivity index is 2.43. The van der Waals surface area contributed by atoms with Gasteiger partial charge in [0.25, 0.3) is 5.95 Å². The maximum atomic E-state index is 13.2. The van der Waals surface area contributed by atoms with Gasteiger partial charge >= 0.3 is 0 Å². The second-order valence-corrected chi connectivity index (χ2v) is 3.73. The molecule has 1 aliphatic heterocycles. The molecule has 0 radical (unpaired) electrons. The molecule has 2 nitrogen and oxygen atoms in total. The van der Waals surface area contributed by atoms with E-state index in [1.807, 2.05) is 12.1 Å². The third-order valence-corrected chi connectivity index (χ3v) is 2.74. The molecule has 2 aliphatic rings. The first-order valence-electron chi connectivity index (χ1n) is 5.00. The Morgan fingerprint density at radius 2 is 1.94 bits per heavy atom. The molecule has 1 aliphatic carbocycles. The third kappa shape index (κ3) is 1.25. The maximum Gasteiger partial charge on any atom is 0.285 e. The summed E-state index contributed by atoms with van der Waals surface area (Å²) in [4.78, 5) is 0. The smallest absolute Gasteiger partial charge is 0.285 e. The number of benzene rings is 1. The number of rotatable bonds is 0. The Labute approximate surface area is 91.3 Å². The summed E-state index contributed by atoms with van der Waals surface area (Å²) in [7, 11) is 0. The summed E-state index contributed by atoms with van der Waals surface area (Å²) >= 11 is 0. The van der Waals surface area contributed by atoms with Crippen LogP contribution in [0.3, 0.4) is 0 Å². The normalized spacial score (nSPS) is 22.1. The van der Waals surface area contributed by atoms with Gasteiger partial charge in [0.15, 0.2) is 0 Å². The molecule has 3 heteroatoms. The van der Waals surface area contributed by atoms with E-state index in [0.29, 0.717) is 5.22 Å². The zero-order chi connectivity index (χ0) is 11.1. The van der Waals surface area contributed by atoms with Crippen molar-refractivity contribution in [1.29, 1.82) is 0 Å². The highest BCUT2D eigenvalue weighted by atomic mass is 19.1. The monoisotopic (exact) mass is 216 g/mol. The van der Waals surface area contributed by atoms with E-state index in [1.165, 1.54) is 12.2 Å². The molecule has 0 fully saturated rings. The first-order valence-corrected chi connectivity index (χ1v) is 5.00. The van der Waals surface area contributed by atoms with Gasteiger partial charge in [-0.1, -0.05) is 18.2 Å². The molecule has 0 aromatic heterocycles. The lowest BCUT2D eigenvalue weighted by Gasteiger charge is -2.22. The standard InChI is InChI=1S/C13H9FO2/c14-8-5-6-12-11(7-8)9-3-1-2-4-10(9)13(15)16-12/h1-7,12,15H. The van der Waals surface area contributed by atoms with E-state index >= 15 is 0 Å². The van der Waals surface area contributed by atoms with Crippen molar-refractivity contribution in [2.75, 3.05) is 0 Å². The van der Waals surface area contributed by atoms with Crippen molar-refractivity contribution < 1.29 is 14.2 Å². The van der Waals surface area contributed by atoms with E-state index in [9.17, 15) is 9.50 Å². The molecular weight excluding hydrogens is 207 g/mol. The molecule has 1 N–H and O–H groups in total. The zero-order valence-corrected chi connectivity index (χ0v) is 8.35. The highest BCUT2D eigenvalue weighted by molar-refractivity contribution is 5.69.